The fraction of sp³-hybridized carbons (Fsp3) is 0.375. The van der Waals surface area contributed by atoms with E-state index in [1.807, 2.05) is 35.7 Å². The Kier molecular flexibility index (Phi) is 6.88. The summed E-state index contributed by atoms with van der Waals surface area (Å²) in [6, 6.07) is 5.51. The van der Waals surface area contributed by atoms with Crippen molar-refractivity contribution in [3.05, 3.63) is 28.2 Å². The van der Waals surface area contributed by atoms with Crippen LogP contribution in [0, 0.1) is 12.3 Å². The number of carbonyl (C=O) groups excluding carboxylic acids is 1. The first-order chi connectivity index (χ1) is 11.0. The number of hydrogen-bond acceptors (Lipinski definition) is 5. The van der Waals surface area contributed by atoms with Crippen molar-refractivity contribution in [3.8, 4) is 18.1 Å². The average molecular weight is 413 g/mol. The van der Waals surface area contributed by atoms with Gasteiger partial charge in [-0.05, 0) is 25.1 Å². The van der Waals surface area contributed by atoms with Crippen LogP contribution in [0.25, 0.3) is 0 Å². The Hall–Kier alpha value is -1.10. The minimum atomic E-state index is -0.0910. The van der Waals surface area contributed by atoms with E-state index in [4.69, 9.17) is 11.2 Å². The molecule has 1 aromatic rings. The molecule has 2 rings (SSSR count). The fourth-order valence-electron chi connectivity index (χ4n) is 2.03. The van der Waals surface area contributed by atoms with Crippen LogP contribution < -0.4 is 10.2 Å². The maximum Gasteiger partial charge on any atom is 0.242 e. The lowest BCUT2D eigenvalue weighted by Gasteiger charge is -2.19. The van der Waals surface area contributed by atoms with Crippen molar-refractivity contribution in [2.24, 2.45) is 5.10 Å². The number of carbonyl (C=O) groups is 1. The second kappa shape index (κ2) is 8.67. The molecule has 1 N–H and O–H groups in total. The quantitative estimate of drug-likeness (QED) is 0.441. The molecule has 0 aliphatic carbocycles. The summed E-state index contributed by atoms with van der Waals surface area (Å²) < 4.78 is 6.30. The van der Waals surface area contributed by atoms with Crippen LogP contribution in [-0.2, 0) is 4.79 Å². The second-order valence-electron chi connectivity index (χ2n) is 4.98. The van der Waals surface area contributed by atoms with E-state index in [9.17, 15) is 4.79 Å². The number of hydrogen-bond donors (Lipinski definition) is 1. The van der Waals surface area contributed by atoms with E-state index in [0.717, 1.165) is 21.5 Å². The van der Waals surface area contributed by atoms with Gasteiger partial charge in [0.1, 0.15) is 12.4 Å². The molecule has 1 amide bonds. The van der Waals surface area contributed by atoms with Crippen molar-refractivity contribution in [2.75, 3.05) is 18.1 Å². The second-order valence-corrected chi connectivity index (χ2v) is 9.35. The molecule has 0 spiro atoms. The first-order valence-electron chi connectivity index (χ1n) is 6.98. The Labute approximate surface area is 153 Å². The van der Waals surface area contributed by atoms with E-state index in [-0.39, 0.29) is 16.6 Å². The molecular weight excluding hydrogens is 396 g/mol. The zero-order valence-corrected chi connectivity index (χ0v) is 15.9. The lowest BCUT2D eigenvalue weighted by atomic mass is 10.2. The molecule has 0 unspecified atom stereocenters. The Bertz CT molecular complexity index is 637. The third kappa shape index (κ3) is 5.79. The molecule has 1 aliphatic rings. The summed E-state index contributed by atoms with van der Waals surface area (Å²) in [5, 5.41) is 4.03. The molecule has 1 aromatic carbocycles. The molecule has 122 valence electrons. The molecule has 0 bridgehead atoms. The van der Waals surface area contributed by atoms with Gasteiger partial charge in [-0.25, -0.2) is 5.43 Å². The first kappa shape index (κ1) is 18.2. The van der Waals surface area contributed by atoms with E-state index in [1.165, 1.54) is 0 Å². The van der Waals surface area contributed by atoms with E-state index in [0.29, 0.717) is 12.2 Å². The van der Waals surface area contributed by atoms with Gasteiger partial charge in [0.15, 0.2) is 0 Å². The standard InChI is InChI=1S/C16H17BrN2O2S2/c1-3-6-21-14-5-4-13(17)9-12(14)11-18-19-15(20)10-16(2)22-7-8-23-16/h1,4-5,9,11H,6-8,10H2,2H3,(H,19,20)/b18-11-. The molecule has 1 aliphatic heterocycles. The molecule has 0 saturated carbocycles. The van der Waals surface area contributed by atoms with Crippen LogP contribution >= 0.6 is 39.5 Å². The molecule has 4 nitrogen and oxygen atoms in total. The molecule has 1 saturated heterocycles. The van der Waals surface area contributed by atoms with Gasteiger partial charge >= 0.3 is 0 Å². The smallest absolute Gasteiger partial charge is 0.242 e. The first-order valence-corrected chi connectivity index (χ1v) is 9.74. The topological polar surface area (TPSA) is 50.7 Å². The van der Waals surface area contributed by atoms with Crippen molar-refractivity contribution in [2.45, 2.75) is 17.4 Å². The molecule has 1 heterocycles. The summed E-state index contributed by atoms with van der Waals surface area (Å²) >= 11 is 7.04. The number of nitrogens with one attached hydrogen (secondary N) is 1. The predicted octanol–water partition coefficient (Wildman–Crippen LogP) is 3.50. The molecule has 0 radical (unpaired) electrons. The van der Waals surface area contributed by atoms with Gasteiger partial charge in [0.25, 0.3) is 0 Å². The van der Waals surface area contributed by atoms with Gasteiger partial charge in [-0.1, -0.05) is 21.9 Å². The average Bonchev–Trinajstić information content (AvgIpc) is 2.92. The number of amides is 1. The van der Waals surface area contributed by atoms with Crippen LogP contribution in [0.3, 0.4) is 0 Å². The van der Waals surface area contributed by atoms with E-state index in [1.54, 1.807) is 12.3 Å². The van der Waals surface area contributed by atoms with Crippen molar-refractivity contribution in [3.63, 3.8) is 0 Å². The third-order valence-electron chi connectivity index (χ3n) is 3.06. The Morgan fingerprint density at radius 2 is 2.30 bits per heavy atom. The van der Waals surface area contributed by atoms with Gasteiger partial charge in [-0.3, -0.25) is 4.79 Å². The van der Waals surface area contributed by atoms with E-state index >= 15 is 0 Å². The maximum atomic E-state index is 12.0. The predicted molar refractivity (Wildman–Crippen MR) is 102 cm³/mol. The number of nitrogens with zero attached hydrogens (tertiary/aromatic N) is 1. The monoisotopic (exact) mass is 412 g/mol. The molecule has 7 heteroatoms. The summed E-state index contributed by atoms with van der Waals surface area (Å²) in [6.07, 6.45) is 7.21. The summed E-state index contributed by atoms with van der Waals surface area (Å²) in [5.74, 6) is 5.13. The van der Waals surface area contributed by atoms with Crippen molar-refractivity contribution < 1.29 is 9.53 Å². The van der Waals surface area contributed by atoms with Gasteiger partial charge in [0.2, 0.25) is 5.91 Å². The number of rotatable bonds is 6. The highest BCUT2D eigenvalue weighted by molar-refractivity contribution is 9.10. The fourth-order valence-corrected chi connectivity index (χ4v) is 5.24. The van der Waals surface area contributed by atoms with Crippen LogP contribution in [-0.4, -0.2) is 34.3 Å². The molecule has 1 fully saturated rings. The van der Waals surface area contributed by atoms with Crippen molar-refractivity contribution in [1.29, 1.82) is 0 Å². The van der Waals surface area contributed by atoms with E-state index < -0.39 is 0 Å². The van der Waals surface area contributed by atoms with Gasteiger partial charge < -0.3 is 4.74 Å². The molecular formula is C16H17BrN2O2S2. The number of ether oxygens (including phenoxy) is 1. The number of benzene rings is 1. The minimum Gasteiger partial charge on any atom is -0.480 e. The van der Waals surface area contributed by atoms with Crippen molar-refractivity contribution in [1.82, 2.24) is 5.43 Å². The normalized spacial score (nSPS) is 16.2. The minimum absolute atomic E-state index is 0.0452. The van der Waals surface area contributed by atoms with Gasteiger partial charge in [0.05, 0.1) is 16.7 Å². The van der Waals surface area contributed by atoms with Crippen molar-refractivity contribution >= 4 is 51.6 Å². The van der Waals surface area contributed by atoms with Crippen LogP contribution in [0.15, 0.2) is 27.8 Å². The van der Waals surface area contributed by atoms with Crippen LogP contribution in [0.5, 0.6) is 5.75 Å². The summed E-state index contributed by atoms with van der Waals surface area (Å²) in [5.41, 5.74) is 3.32. The highest BCUT2D eigenvalue weighted by Gasteiger charge is 2.32. The Balaban J connectivity index is 1.95. The van der Waals surface area contributed by atoms with Gasteiger partial charge in [-0.15, -0.1) is 29.9 Å². The largest absolute Gasteiger partial charge is 0.480 e. The molecule has 23 heavy (non-hydrogen) atoms. The lowest BCUT2D eigenvalue weighted by Crippen LogP contribution is -2.26. The third-order valence-corrected chi connectivity index (χ3v) is 6.84. The van der Waals surface area contributed by atoms with Gasteiger partial charge in [-0.2, -0.15) is 5.10 Å². The van der Waals surface area contributed by atoms with Crippen LogP contribution in [0.1, 0.15) is 18.9 Å². The van der Waals surface area contributed by atoms with Gasteiger partial charge in [0, 0.05) is 21.5 Å². The van der Waals surface area contributed by atoms with Crippen LogP contribution in [0.4, 0.5) is 0 Å². The zero-order valence-electron chi connectivity index (χ0n) is 12.7. The maximum absolute atomic E-state index is 12.0. The highest BCUT2D eigenvalue weighted by atomic mass is 79.9. The highest BCUT2D eigenvalue weighted by Crippen LogP contribution is 2.45. The number of terminal acetylenes is 1. The number of halogens is 1. The van der Waals surface area contributed by atoms with E-state index in [2.05, 4.69) is 39.3 Å². The number of thioether (sulfide) groups is 2. The molecule has 0 aromatic heterocycles. The Morgan fingerprint density at radius 3 is 3.00 bits per heavy atom. The number of hydrazone groups is 1. The Morgan fingerprint density at radius 1 is 1.57 bits per heavy atom. The summed E-state index contributed by atoms with van der Waals surface area (Å²) in [7, 11) is 0. The van der Waals surface area contributed by atoms with Crippen LogP contribution in [0.2, 0.25) is 0 Å². The summed E-state index contributed by atoms with van der Waals surface area (Å²) in [4.78, 5) is 12.0. The summed E-state index contributed by atoms with van der Waals surface area (Å²) in [6.45, 7) is 2.28. The lowest BCUT2D eigenvalue weighted by molar-refractivity contribution is -0.121. The molecule has 0 atom stereocenters. The zero-order chi connectivity index (χ0) is 16.7. The SMILES string of the molecule is C#CCOc1ccc(Br)cc1/C=N\NC(=O)CC1(C)SCCS1.